The summed E-state index contributed by atoms with van der Waals surface area (Å²) in [5, 5.41) is 3.05. The highest BCUT2D eigenvalue weighted by atomic mass is 16.2. The van der Waals surface area contributed by atoms with Crippen LogP contribution in [0.2, 0.25) is 0 Å². The molecule has 2 heterocycles. The van der Waals surface area contributed by atoms with Gasteiger partial charge in [-0.1, -0.05) is 27.7 Å². The Morgan fingerprint density at radius 1 is 1.08 bits per heavy atom. The fourth-order valence-electron chi connectivity index (χ4n) is 3.91. The van der Waals surface area contributed by atoms with Crippen molar-refractivity contribution in [2.75, 3.05) is 19.6 Å². The lowest BCUT2D eigenvalue weighted by atomic mass is 9.91. The first kappa shape index (κ1) is 20.7. The molecule has 0 saturated carbocycles. The summed E-state index contributed by atoms with van der Waals surface area (Å²) in [5.41, 5.74) is -0.0763. The van der Waals surface area contributed by atoms with Crippen molar-refractivity contribution in [1.29, 1.82) is 0 Å². The van der Waals surface area contributed by atoms with E-state index in [-0.39, 0.29) is 35.2 Å². The summed E-state index contributed by atoms with van der Waals surface area (Å²) in [6.07, 6.45) is 5.26. The van der Waals surface area contributed by atoms with Crippen molar-refractivity contribution < 1.29 is 14.4 Å². The molecule has 148 valence electrons. The molecule has 2 aliphatic heterocycles. The lowest BCUT2D eigenvalue weighted by Gasteiger charge is -2.37. The molecule has 0 aromatic carbocycles. The molecule has 2 aliphatic rings. The van der Waals surface area contributed by atoms with Gasteiger partial charge in [0.15, 0.2) is 0 Å². The van der Waals surface area contributed by atoms with E-state index >= 15 is 0 Å². The van der Waals surface area contributed by atoms with E-state index in [2.05, 4.69) is 5.32 Å². The van der Waals surface area contributed by atoms with Crippen LogP contribution >= 0.6 is 0 Å². The van der Waals surface area contributed by atoms with Crippen LogP contribution in [0.4, 0.5) is 0 Å². The Kier molecular flexibility index (Phi) is 7.07. The number of carbonyl (C=O) groups excluding carboxylic acids is 3. The first-order chi connectivity index (χ1) is 12.2. The van der Waals surface area contributed by atoms with Gasteiger partial charge in [0.1, 0.15) is 6.04 Å². The number of nitrogens with one attached hydrogen (secondary N) is 1. The number of hydrogen-bond acceptors (Lipinski definition) is 3. The molecule has 0 bridgehead atoms. The first-order valence-electron chi connectivity index (χ1n) is 10.1. The van der Waals surface area contributed by atoms with Crippen LogP contribution < -0.4 is 5.32 Å². The summed E-state index contributed by atoms with van der Waals surface area (Å²) < 4.78 is 0. The van der Waals surface area contributed by atoms with E-state index in [9.17, 15) is 14.4 Å². The molecule has 2 unspecified atom stereocenters. The summed E-state index contributed by atoms with van der Waals surface area (Å²) in [7, 11) is 0. The summed E-state index contributed by atoms with van der Waals surface area (Å²) in [6.45, 7) is 10.1. The molecule has 1 N–H and O–H groups in total. The summed E-state index contributed by atoms with van der Waals surface area (Å²) in [6, 6.07) is -0.290. The second-order valence-electron chi connectivity index (χ2n) is 8.92. The van der Waals surface area contributed by atoms with E-state index in [0.717, 1.165) is 38.6 Å². The Balaban J connectivity index is 1.96. The van der Waals surface area contributed by atoms with E-state index < -0.39 is 0 Å². The zero-order chi connectivity index (χ0) is 19.3. The number of likely N-dealkylation sites (tertiary alicyclic amines) is 2. The zero-order valence-corrected chi connectivity index (χ0v) is 16.8. The number of nitrogens with zero attached hydrogens (tertiary/aromatic N) is 2. The fraction of sp³-hybridized carbons (Fsp3) is 0.850. The van der Waals surface area contributed by atoms with Gasteiger partial charge in [-0.15, -0.1) is 0 Å². The van der Waals surface area contributed by atoms with Crippen molar-refractivity contribution in [2.24, 2.45) is 5.41 Å². The van der Waals surface area contributed by atoms with Gasteiger partial charge in [0.05, 0.1) is 0 Å². The number of amides is 3. The Hall–Kier alpha value is -1.59. The average Bonchev–Trinajstić information content (AvgIpc) is 3.02. The van der Waals surface area contributed by atoms with Gasteiger partial charge < -0.3 is 15.1 Å². The molecule has 6 nitrogen and oxygen atoms in total. The fourth-order valence-corrected chi connectivity index (χ4v) is 3.91. The van der Waals surface area contributed by atoms with Crippen molar-refractivity contribution in [2.45, 2.75) is 84.7 Å². The van der Waals surface area contributed by atoms with Crippen LogP contribution in [0.25, 0.3) is 0 Å². The van der Waals surface area contributed by atoms with Crippen LogP contribution in [-0.2, 0) is 14.4 Å². The second-order valence-corrected chi connectivity index (χ2v) is 8.92. The molecule has 2 saturated heterocycles. The van der Waals surface area contributed by atoms with E-state index in [1.54, 1.807) is 4.90 Å². The summed E-state index contributed by atoms with van der Waals surface area (Å²) in [5.74, 6) is 0.201. The Bertz CT molecular complexity index is 527. The third-order valence-electron chi connectivity index (χ3n) is 5.11. The predicted molar refractivity (Wildman–Crippen MR) is 101 cm³/mol. The summed E-state index contributed by atoms with van der Waals surface area (Å²) in [4.78, 5) is 41.2. The monoisotopic (exact) mass is 365 g/mol. The molecular formula is C20H35N3O3. The first-order valence-corrected chi connectivity index (χ1v) is 10.1. The minimum atomic E-state index is -0.324. The molecule has 6 heteroatoms. The van der Waals surface area contributed by atoms with Gasteiger partial charge >= 0.3 is 0 Å². The molecular weight excluding hydrogens is 330 g/mol. The van der Waals surface area contributed by atoms with E-state index in [0.29, 0.717) is 25.9 Å². The number of carbonyl (C=O) groups is 3. The Morgan fingerprint density at radius 2 is 1.77 bits per heavy atom. The minimum Gasteiger partial charge on any atom is -0.352 e. The smallest absolute Gasteiger partial charge is 0.245 e. The van der Waals surface area contributed by atoms with Crippen LogP contribution in [0.15, 0.2) is 0 Å². The molecule has 3 amide bonds. The van der Waals surface area contributed by atoms with Crippen LogP contribution in [0.5, 0.6) is 0 Å². The number of hydrogen-bond donors (Lipinski definition) is 1. The van der Waals surface area contributed by atoms with E-state index in [1.807, 2.05) is 32.6 Å². The highest BCUT2D eigenvalue weighted by Gasteiger charge is 2.38. The summed E-state index contributed by atoms with van der Waals surface area (Å²) >= 11 is 0. The SMILES string of the molecule is CCCC(=O)NC1CCCN(C(=O)C2CCCN2C(=O)CC(C)(C)C)C1. The Labute approximate surface area is 157 Å². The van der Waals surface area contributed by atoms with Gasteiger partial charge in [-0.05, 0) is 37.5 Å². The third-order valence-corrected chi connectivity index (χ3v) is 5.11. The average molecular weight is 366 g/mol. The lowest BCUT2D eigenvalue weighted by Crippen LogP contribution is -2.54. The van der Waals surface area contributed by atoms with Gasteiger partial charge in [0, 0.05) is 38.5 Å². The van der Waals surface area contributed by atoms with Crippen molar-refractivity contribution in [3.63, 3.8) is 0 Å². The van der Waals surface area contributed by atoms with Crippen molar-refractivity contribution in [3.8, 4) is 0 Å². The van der Waals surface area contributed by atoms with Crippen molar-refractivity contribution in [1.82, 2.24) is 15.1 Å². The molecule has 0 aromatic heterocycles. The molecule has 0 spiro atoms. The van der Waals surface area contributed by atoms with Gasteiger partial charge in [0.25, 0.3) is 0 Å². The van der Waals surface area contributed by atoms with Gasteiger partial charge in [-0.2, -0.15) is 0 Å². The van der Waals surface area contributed by atoms with Gasteiger partial charge in [0.2, 0.25) is 17.7 Å². The second kappa shape index (κ2) is 8.87. The molecule has 2 atom stereocenters. The quantitative estimate of drug-likeness (QED) is 0.813. The largest absolute Gasteiger partial charge is 0.352 e. The maximum Gasteiger partial charge on any atom is 0.245 e. The lowest BCUT2D eigenvalue weighted by molar-refractivity contribution is -0.145. The molecule has 0 radical (unpaired) electrons. The van der Waals surface area contributed by atoms with Crippen LogP contribution in [0, 0.1) is 5.41 Å². The Morgan fingerprint density at radius 3 is 2.42 bits per heavy atom. The third kappa shape index (κ3) is 5.71. The highest BCUT2D eigenvalue weighted by Crippen LogP contribution is 2.26. The van der Waals surface area contributed by atoms with E-state index in [1.165, 1.54) is 0 Å². The van der Waals surface area contributed by atoms with E-state index in [4.69, 9.17) is 0 Å². The van der Waals surface area contributed by atoms with Crippen molar-refractivity contribution >= 4 is 17.7 Å². The zero-order valence-electron chi connectivity index (χ0n) is 16.8. The predicted octanol–water partition coefficient (Wildman–Crippen LogP) is 2.32. The highest BCUT2D eigenvalue weighted by molar-refractivity contribution is 5.88. The maximum atomic E-state index is 13.1. The molecule has 0 aliphatic carbocycles. The van der Waals surface area contributed by atoms with Crippen LogP contribution in [-0.4, -0.2) is 59.2 Å². The van der Waals surface area contributed by atoms with Crippen LogP contribution in [0.1, 0.15) is 72.6 Å². The van der Waals surface area contributed by atoms with Crippen LogP contribution in [0.3, 0.4) is 0 Å². The van der Waals surface area contributed by atoms with Gasteiger partial charge in [-0.25, -0.2) is 0 Å². The maximum absolute atomic E-state index is 13.1. The van der Waals surface area contributed by atoms with Crippen molar-refractivity contribution in [3.05, 3.63) is 0 Å². The molecule has 26 heavy (non-hydrogen) atoms. The number of rotatable bonds is 5. The number of piperidine rings is 1. The minimum absolute atomic E-state index is 0.0341. The topological polar surface area (TPSA) is 69.7 Å². The standard InChI is InChI=1S/C20H35N3O3/c1-5-8-17(24)21-15-9-6-11-22(14-15)19(26)16-10-7-12-23(16)18(25)13-20(2,3)4/h15-16H,5-14H2,1-4H3,(H,21,24). The molecule has 0 aromatic rings. The van der Waals surface area contributed by atoms with Gasteiger partial charge in [-0.3, -0.25) is 14.4 Å². The normalized spacial score (nSPS) is 23.8. The molecule has 2 rings (SSSR count). The molecule has 2 fully saturated rings.